The lowest BCUT2D eigenvalue weighted by molar-refractivity contribution is -0.181. The van der Waals surface area contributed by atoms with Gasteiger partial charge < -0.3 is 23.8 Å². The van der Waals surface area contributed by atoms with E-state index in [2.05, 4.69) is 0 Å². The predicted octanol–water partition coefficient (Wildman–Crippen LogP) is 5.10. The van der Waals surface area contributed by atoms with Crippen LogP contribution < -0.4 is 15.0 Å². The third kappa shape index (κ3) is 5.24. The second kappa shape index (κ2) is 11.3. The van der Waals surface area contributed by atoms with Gasteiger partial charge in [-0.05, 0) is 47.5 Å². The number of thioether (sulfide) groups is 1. The fourth-order valence-electron chi connectivity index (χ4n) is 5.58. The highest BCUT2D eigenvalue weighted by atomic mass is 35.5. The van der Waals surface area contributed by atoms with E-state index in [1.807, 2.05) is 47.4 Å². The zero-order chi connectivity index (χ0) is 28.7. The van der Waals surface area contributed by atoms with E-state index in [1.165, 1.54) is 11.8 Å². The van der Waals surface area contributed by atoms with E-state index < -0.39 is 5.79 Å². The van der Waals surface area contributed by atoms with Crippen LogP contribution in [0.15, 0.2) is 70.6 Å². The fourth-order valence-corrected chi connectivity index (χ4v) is 6.87. The number of carbonyl (C=O) groups excluding carboxylic acids is 1. The van der Waals surface area contributed by atoms with Crippen LogP contribution >= 0.6 is 23.4 Å². The first-order chi connectivity index (χ1) is 20.5. The third-order valence-corrected chi connectivity index (χ3v) is 9.28. The number of nitrogens with zero attached hydrogens (tertiary/aromatic N) is 3. The number of hydrogen-bond donors (Lipinski definition) is 0. The highest BCUT2D eigenvalue weighted by Gasteiger charge is 2.41. The number of hydrogen-bond acceptors (Lipinski definition) is 8. The van der Waals surface area contributed by atoms with E-state index >= 15 is 0 Å². The average molecular weight is 606 g/mol. The van der Waals surface area contributed by atoms with Gasteiger partial charge in [0, 0.05) is 42.3 Å². The minimum Gasteiger partial charge on any atom is -0.454 e. The lowest BCUT2D eigenvalue weighted by Crippen LogP contribution is -2.47. The van der Waals surface area contributed by atoms with Crippen LogP contribution in [-0.2, 0) is 21.8 Å². The smallest absolute Gasteiger partial charge is 0.262 e. The lowest BCUT2D eigenvalue weighted by atomic mass is 10.0. The Morgan fingerprint density at radius 2 is 1.76 bits per heavy atom. The summed E-state index contributed by atoms with van der Waals surface area (Å²) in [5.41, 5.74) is 2.61. The monoisotopic (exact) mass is 605 g/mol. The van der Waals surface area contributed by atoms with Crippen molar-refractivity contribution in [3.05, 3.63) is 92.7 Å². The maximum Gasteiger partial charge on any atom is 0.262 e. The largest absolute Gasteiger partial charge is 0.454 e. The van der Waals surface area contributed by atoms with Gasteiger partial charge in [0.2, 0.25) is 6.79 Å². The Morgan fingerprint density at radius 3 is 2.57 bits per heavy atom. The summed E-state index contributed by atoms with van der Waals surface area (Å²) in [7, 11) is 0. The van der Waals surface area contributed by atoms with Crippen molar-refractivity contribution in [2.24, 2.45) is 0 Å². The molecule has 4 aromatic rings. The number of piperidine rings is 1. The third-order valence-electron chi connectivity index (χ3n) is 7.89. The molecule has 11 heteroatoms. The minimum absolute atomic E-state index is 0.0960. The summed E-state index contributed by atoms with van der Waals surface area (Å²) < 4.78 is 24.3. The molecule has 0 atom stereocenters. The molecule has 1 aromatic heterocycles. The van der Waals surface area contributed by atoms with Gasteiger partial charge >= 0.3 is 0 Å². The number of rotatable bonds is 6. The normalized spacial score (nSPS) is 17.3. The molecule has 3 aromatic carbocycles. The number of amides is 1. The molecule has 0 radical (unpaired) electrons. The van der Waals surface area contributed by atoms with E-state index in [9.17, 15) is 9.59 Å². The Balaban J connectivity index is 1.21. The quantitative estimate of drug-likeness (QED) is 0.222. The first-order valence-corrected chi connectivity index (χ1v) is 15.2. The van der Waals surface area contributed by atoms with Crippen molar-refractivity contribution in [1.82, 2.24) is 14.5 Å². The topological polar surface area (TPSA) is 92.1 Å². The van der Waals surface area contributed by atoms with Gasteiger partial charge in [0.25, 0.3) is 11.5 Å². The molecule has 3 aliphatic rings. The van der Waals surface area contributed by atoms with E-state index in [0.717, 1.165) is 11.1 Å². The molecule has 0 saturated carbocycles. The van der Waals surface area contributed by atoms with E-state index in [4.69, 9.17) is 35.5 Å². The number of carbonyl (C=O) groups is 1. The molecule has 1 amide bonds. The van der Waals surface area contributed by atoms with Gasteiger partial charge in [-0.1, -0.05) is 47.6 Å². The van der Waals surface area contributed by atoms with E-state index in [-0.39, 0.29) is 18.3 Å². The zero-order valence-corrected chi connectivity index (χ0v) is 24.3. The summed E-state index contributed by atoms with van der Waals surface area (Å²) in [4.78, 5) is 34.1. The molecule has 1 spiro atoms. The molecule has 42 heavy (non-hydrogen) atoms. The summed E-state index contributed by atoms with van der Waals surface area (Å²) in [6, 6.07) is 18.4. The van der Waals surface area contributed by atoms with Crippen molar-refractivity contribution in [3.63, 3.8) is 0 Å². The SMILES string of the molecule is O=C(c1ccc2c(=O)n(Cc3ccc4c(c3)OCO4)c(SCc3ccccc3Cl)nc2c1)N1CCC2(CC1)OCCO2. The van der Waals surface area contributed by atoms with E-state index in [1.54, 1.807) is 22.8 Å². The Labute approximate surface area is 251 Å². The molecule has 216 valence electrons. The molecule has 0 unspecified atom stereocenters. The maximum absolute atomic E-state index is 13.9. The second-order valence-corrected chi connectivity index (χ2v) is 11.8. The average Bonchev–Trinajstić information content (AvgIpc) is 3.68. The van der Waals surface area contributed by atoms with Crippen molar-refractivity contribution in [3.8, 4) is 11.5 Å². The Hall–Kier alpha value is -3.57. The van der Waals surface area contributed by atoms with Crippen LogP contribution in [0.3, 0.4) is 0 Å². The van der Waals surface area contributed by atoms with Gasteiger partial charge in [0.05, 0.1) is 30.7 Å². The second-order valence-electron chi connectivity index (χ2n) is 10.5. The molecular formula is C31H28ClN3O6S. The molecule has 3 aliphatic heterocycles. The van der Waals surface area contributed by atoms with Gasteiger partial charge in [-0.25, -0.2) is 4.98 Å². The van der Waals surface area contributed by atoms with Crippen LogP contribution in [0.2, 0.25) is 5.02 Å². The van der Waals surface area contributed by atoms with Gasteiger partial charge in [-0.3, -0.25) is 14.2 Å². The van der Waals surface area contributed by atoms with Crippen LogP contribution in [0.1, 0.15) is 34.3 Å². The number of halogens is 1. The maximum atomic E-state index is 13.9. The van der Waals surface area contributed by atoms with E-state index in [0.29, 0.717) is 89.6 Å². The highest BCUT2D eigenvalue weighted by Crippen LogP contribution is 2.34. The summed E-state index contributed by atoms with van der Waals surface area (Å²) in [5.74, 6) is 1.20. The Kier molecular flexibility index (Phi) is 7.31. The summed E-state index contributed by atoms with van der Waals surface area (Å²) >= 11 is 7.85. The summed E-state index contributed by atoms with van der Waals surface area (Å²) in [6.07, 6.45) is 1.27. The Bertz CT molecular complexity index is 1730. The van der Waals surface area contributed by atoms with Crippen molar-refractivity contribution in [2.75, 3.05) is 33.1 Å². The first-order valence-electron chi connectivity index (χ1n) is 13.8. The molecule has 0 aliphatic carbocycles. The molecule has 2 saturated heterocycles. The minimum atomic E-state index is -0.557. The lowest BCUT2D eigenvalue weighted by Gasteiger charge is -2.37. The van der Waals surface area contributed by atoms with Gasteiger partial charge in [-0.15, -0.1) is 0 Å². The van der Waals surface area contributed by atoms with Gasteiger partial charge in [0.1, 0.15) is 0 Å². The van der Waals surface area contributed by atoms with Crippen LogP contribution in [0.5, 0.6) is 11.5 Å². The molecule has 0 N–H and O–H groups in total. The predicted molar refractivity (Wildman–Crippen MR) is 158 cm³/mol. The molecule has 7 rings (SSSR count). The van der Waals surface area contributed by atoms with Crippen LogP contribution in [-0.4, -0.2) is 59.2 Å². The van der Waals surface area contributed by atoms with Gasteiger partial charge in [-0.2, -0.15) is 0 Å². The van der Waals surface area contributed by atoms with Gasteiger partial charge in [0.15, 0.2) is 22.4 Å². The molecule has 0 bridgehead atoms. The van der Waals surface area contributed by atoms with Crippen LogP contribution in [0, 0.1) is 0 Å². The molecule has 4 heterocycles. The van der Waals surface area contributed by atoms with Crippen molar-refractivity contribution >= 4 is 40.2 Å². The molecular weight excluding hydrogens is 578 g/mol. The van der Waals surface area contributed by atoms with Crippen LogP contribution in [0.4, 0.5) is 0 Å². The van der Waals surface area contributed by atoms with Crippen molar-refractivity contribution in [1.29, 1.82) is 0 Å². The first kappa shape index (κ1) is 27.3. The standard InChI is InChI=1S/C31H28ClN3O6S/c32-24-4-2-1-3-22(24)18-42-30-33-25-16-21(28(36)34-11-9-31(10-12-34)40-13-14-41-31)6-7-23(25)29(37)35(30)17-20-5-8-26-27(15-20)39-19-38-26/h1-8,15-16H,9-14,17-19H2. The molecule has 2 fully saturated rings. The van der Waals surface area contributed by atoms with Crippen LogP contribution in [0.25, 0.3) is 10.9 Å². The number of fused-ring (bicyclic) bond motifs is 2. The molecule has 9 nitrogen and oxygen atoms in total. The van der Waals surface area contributed by atoms with Crippen molar-refractivity contribution in [2.45, 2.75) is 36.1 Å². The summed E-state index contributed by atoms with van der Waals surface area (Å²) in [6.45, 7) is 2.74. The van der Waals surface area contributed by atoms with Crippen molar-refractivity contribution < 1.29 is 23.7 Å². The number of aromatic nitrogens is 2. The zero-order valence-electron chi connectivity index (χ0n) is 22.7. The fraction of sp³-hybridized carbons (Fsp3) is 0.323. The summed E-state index contributed by atoms with van der Waals surface area (Å²) in [5, 5.41) is 1.63. The number of benzene rings is 3. The highest BCUT2D eigenvalue weighted by molar-refractivity contribution is 7.98. The number of ether oxygens (including phenoxy) is 4. The Morgan fingerprint density at radius 1 is 0.976 bits per heavy atom. The number of likely N-dealkylation sites (tertiary alicyclic amines) is 1.